The van der Waals surface area contributed by atoms with E-state index >= 15 is 0 Å². The van der Waals surface area contributed by atoms with Crippen LogP contribution in [0.1, 0.15) is 11.1 Å². The number of aryl methyl sites for hydroxylation is 2. The number of fused-ring (bicyclic) bond motifs is 1. The number of azo groups is 1. The predicted octanol–water partition coefficient (Wildman–Crippen LogP) is 4.13. The first-order chi connectivity index (χ1) is 21.3. The molecule has 244 valence electrons. The van der Waals surface area contributed by atoms with Crippen molar-refractivity contribution in [1.29, 1.82) is 0 Å². The minimum Gasteiger partial charge on any atom is -0.505 e. The number of hydrogen-bond donors (Lipinski definition) is 4. The standard InChI is InChI=1S/C26H26FN7O9S3/c1-5-44(36,37)11-10-34(4)26-30-24(27)29-25(31-26)28-19-9-7-16-17(23(19)46(41,42)43)13-15(3)21(22(16)35)33-32-18-8-6-14(2)12-20(18)45(38,39)40/h5-9,12-13,35H,1,10-11H2,2-4H3,(H,38,39,40)(H,41,42,43)(H,28,29,30,31). The number of aromatic hydroxyl groups is 1. The van der Waals surface area contributed by atoms with E-state index in [4.69, 9.17) is 0 Å². The van der Waals surface area contributed by atoms with Gasteiger partial charge in [0.2, 0.25) is 11.9 Å². The first kappa shape index (κ1) is 34.2. The minimum absolute atomic E-state index is 0.123. The van der Waals surface area contributed by atoms with Gasteiger partial charge in [-0.05, 0) is 55.3 Å². The molecule has 20 heteroatoms. The maximum Gasteiger partial charge on any atom is 0.315 e. The van der Waals surface area contributed by atoms with Gasteiger partial charge in [-0.15, -0.1) is 10.2 Å². The first-order valence-corrected chi connectivity index (χ1v) is 17.4. The lowest BCUT2D eigenvalue weighted by Crippen LogP contribution is -2.27. The quantitative estimate of drug-likeness (QED) is 0.127. The first-order valence-electron chi connectivity index (χ1n) is 12.8. The van der Waals surface area contributed by atoms with Crippen LogP contribution in [-0.2, 0) is 30.1 Å². The van der Waals surface area contributed by atoms with Gasteiger partial charge < -0.3 is 15.3 Å². The molecule has 0 aliphatic rings. The van der Waals surface area contributed by atoms with Crippen molar-refractivity contribution in [3.8, 4) is 5.75 Å². The van der Waals surface area contributed by atoms with Crippen LogP contribution >= 0.6 is 0 Å². The number of benzene rings is 3. The van der Waals surface area contributed by atoms with E-state index in [1.54, 1.807) is 6.92 Å². The monoisotopic (exact) mass is 695 g/mol. The average Bonchev–Trinajstić information content (AvgIpc) is 2.94. The predicted molar refractivity (Wildman–Crippen MR) is 166 cm³/mol. The second-order valence-electron chi connectivity index (χ2n) is 9.86. The molecule has 0 atom stereocenters. The third-order valence-corrected chi connectivity index (χ3v) is 9.57. The number of halogens is 1. The molecule has 1 aromatic heterocycles. The molecule has 0 amide bonds. The van der Waals surface area contributed by atoms with E-state index in [9.17, 15) is 43.9 Å². The smallest absolute Gasteiger partial charge is 0.315 e. The summed E-state index contributed by atoms with van der Waals surface area (Å²) in [5, 5.41) is 21.8. The molecule has 0 fully saturated rings. The van der Waals surface area contributed by atoms with Crippen LogP contribution in [0.5, 0.6) is 5.75 Å². The van der Waals surface area contributed by atoms with Gasteiger partial charge in [-0.25, -0.2) is 8.42 Å². The Bertz CT molecular complexity index is 2250. The van der Waals surface area contributed by atoms with Crippen molar-refractivity contribution < 1.29 is 43.9 Å². The molecule has 0 spiro atoms. The Kier molecular flexibility index (Phi) is 9.41. The van der Waals surface area contributed by atoms with Gasteiger partial charge in [0.15, 0.2) is 15.6 Å². The number of phenols is 1. The molecule has 16 nitrogen and oxygen atoms in total. The van der Waals surface area contributed by atoms with E-state index in [0.29, 0.717) is 5.56 Å². The normalized spacial score (nSPS) is 12.5. The third-order valence-electron chi connectivity index (χ3n) is 6.47. The Morgan fingerprint density at radius 2 is 1.65 bits per heavy atom. The fourth-order valence-corrected chi connectivity index (χ4v) is 6.45. The molecule has 0 unspecified atom stereocenters. The van der Waals surface area contributed by atoms with Crippen molar-refractivity contribution in [2.45, 2.75) is 23.6 Å². The van der Waals surface area contributed by atoms with Gasteiger partial charge in [-0.3, -0.25) is 9.11 Å². The van der Waals surface area contributed by atoms with E-state index in [2.05, 4.69) is 37.1 Å². The summed E-state index contributed by atoms with van der Waals surface area (Å²) < 4.78 is 106. The Labute approximate surface area is 262 Å². The van der Waals surface area contributed by atoms with E-state index < -0.39 is 57.6 Å². The number of rotatable bonds is 11. The summed E-state index contributed by atoms with van der Waals surface area (Å²) in [6.07, 6.45) is -1.28. The highest BCUT2D eigenvalue weighted by atomic mass is 32.2. The molecule has 3 aromatic carbocycles. The van der Waals surface area contributed by atoms with Gasteiger partial charge in [-0.2, -0.15) is 36.2 Å². The summed E-state index contributed by atoms with van der Waals surface area (Å²) in [5.74, 6) is -1.75. The molecule has 4 rings (SSSR count). The fourth-order valence-electron chi connectivity index (χ4n) is 4.20. The third kappa shape index (κ3) is 7.59. The van der Waals surface area contributed by atoms with Crippen LogP contribution in [0.4, 0.5) is 33.3 Å². The molecule has 0 radical (unpaired) electrons. The fraction of sp³-hybridized carbons (Fsp3) is 0.192. The van der Waals surface area contributed by atoms with Crippen molar-refractivity contribution in [3.05, 3.63) is 65.6 Å². The van der Waals surface area contributed by atoms with Crippen LogP contribution < -0.4 is 10.2 Å². The Morgan fingerprint density at radius 1 is 0.957 bits per heavy atom. The van der Waals surface area contributed by atoms with Crippen molar-refractivity contribution in [2.24, 2.45) is 10.2 Å². The van der Waals surface area contributed by atoms with E-state index in [-0.39, 0.29) is 51.6 Å². The lowest BCUT2D eigenvalue weighted by molar-refractivity contribution is 0.481. The highest BCUT2D eigenvalue weighted by Gasteiger charge is 2.25. The van der Waals surface area contributed by atoms with Crippen LogP contribution in [0.2, 0.25) is 0 Å². The molecular weight excluding hydrogens is 670 g/mol. The molecule has 0 aliphatic carbocycles. The lowest BCUT2D eigenvalue weighted by Gasteiger charge is -2.18. The van der Waals surface area contributed by atoms with Crippen molar-refractivity contribution >= 4 is 69.8 Å². The van der Waals surface area contributed by atoms with Gasteiger partial charge in [0, 0.05) is 29.8 Å². The number of aromatic nitrogens is 3. The number of anilines is 3. The maximum atomic E-state index is 14.3. The minimum atomic E-state index is -5.05. The molecular formula is C26H26FN7O9S3. The Balaban J connectivity index is 1.79. The summed E-state index contributed by atoms with van der Waals surface area (Å²) in [6.45, 7) is 6.09. The number of nitrogens with zero attached hydrogens (tertiary/aromatic N) is 6. The Hall–Kier alpha value is -4.63. The van der Waals surface area contributed by atoms with E-state index in [1.807, 2.05) is 0 Å². The second-order valence-corrected chi connectivity index (χ2v) is 14.7. The van der Waals surface area contributed by atoms with Crippen molar-refractivity contribution in [3.63, 3.8) is 0 Å². The molecule has 46 heavy (non-hydrogen) atoms. The maximum absolute atomic E-state index is 14.3. The molecule has 0 bridgehead atoms. The molecule has 0 saturated carbocycles. The van der Waals surface area contributed by atoms with E-state index in [0.717, 1.165) is 11.5 Å². The number of sulfone groups is 1. The largest absolute Gasteiger partial charge is 0.505 e. The Morgan fingerprint density at radius 3 is 2.28 bits per heavy atom. The summed E-state index contributed by atoms with van der Waals surface area (Å²) in [7, 11) is -11.9. The zero-order valence-electron chi connectivity index (χ0n) is 24.2. The topological polar surface area (TPSA) is 242 Å². The summed E-state index contributed by atoms with van der Waals surface area (Å²) >= 11 is 0. The molecule has 4 N–H and O–H groups in total. The molecule has 0 saturated heterocycles. The van der Waals surface area contributed by atoms with E-state index in [1.165, 1.54) is 49.2 Å². The van der Waals surface area contributed by atoms with Gasteiger partial charge >= 0.3 is 6.08 Å². The van der Waals surface area contributed by atoms with Crippen LogP contribution in [0.25, 0.3) is 10.8 Å². The highest BCUT2D eigenvalue weighted by molar-refractivity contribution is 7.94. The molecule has 4 aromatic rings. The van der Waals surface area contributed by atoms with Crippen LogP contribution in [0.3, 0.4) is 0 Å². The van der Waals surface area contributed by atoms with Gasteiger partial charge in [-0.1, -0.05) is 12.6 Å². The lowest BCUT2D eigenvalue weighted by atomic mass is 10.0. The summed E-state index contributed by atoms with van der Waals surface area (Å²) in [4.78, 5) is 11.0. The van der Waals surface area contributed by atoms with Crippen molar-refractivity contribution in [1.82, 2.24) is 15.0 Å². The molecule has 1 heterocycles. The van der Waals surface area contributed by atoms with Gasteiger partial charge in [0.1, 0.15) is 21.2 Å². The van der Waals surface area contributed by atoms with Gasteiger partial charge in [0.25, 0.3) is 20.2 Å². The zero-order chi connectivity index (χ0) is 34.2. The van der Waals surface area contributed by atoms with Gasteiger partial charge in [0.05, 0.1) is 11.4 Å². The summed E-state index contributed by atoms with van der Waals surface area (Å²) in [5.41, 5.74) is -0.0836. The van der Waals surface area contributed by atoms with Crippen LogP contribution in [0.15, 0.2) is 68.4 Å². The van der Waals surface area contributed by atoms with Crippen LogP contribution in [0, 0.1) is 19.9 Å². The highest BCUT2D eigenvalue weighted by Crippen LogP contribution is 2.43. The number of hydrogen-bond acceptors (Lipinski definition) is 14. The SMILES string of the molecule is C=CS(=O)(=O)CCN(C)c1nc(F)nc(Nc2ccc3c(O)c(N=Nc4ccc(C)cc4S(=O)(=O)O)c(C)cc3c2S(=O)(=O)O)n1. The summed E-state index contributed by atoms with van der Waals surface area (Å²) in [6, 6.07) is 7.62. The zero-order valence-corrected chi connectivity index (χ0v) is 26.7. The molecule has 0 aliphatic heterocycles. The average molecular weight is 696 g/mol. The van der Waals surface area contributed by atoms with Crippen molar-refractivity contribution in [2.75, 3.05) is 29.6 Å². The number of phenolic OH excluding ortho intramolecular Hbond substituents is 1. The second kappa shape index (κ2) is 12.6. The number of nitrogens with one attached hydrogen (secondary N) is 1. The van der Waals surface area contributed by atoms with Crippen LogP contribution in [-0.4, -0.2) is 73.8 Å².